The third-order valence-corrected chi connectivity index (χ3v) is 6.18. The number of carbonyl (C=O) groups is 2. The van der Waals surface area contributed by atoms with E-state index in [-0.39, 0.29) is 35.9 Å². The van der Waals surface area contributed by atoms with Crippen molar-refractivity contribution in [1.29, 1.82) is 0 Å². The van der Waals surface area contributed by atoms with Crippen LogP contribution < -0.4 is 10.6 Å². The Morgan fingerprint density at radius 1 is 1.15 bits per heavy atom. The third-order valence-electron chi connectivity index (χ3n) is 6.18. The number of ether oxygens (including phenoxy) is 1. The molecule has 2 aromatic rings. The Kier molecular flexibility index (Phi) is 8.96. The van der Waals surface area contributed by atoms with Crippen molar-refractivity contribution in [2.24, 2.45) is 0 Å². The molecule has 0 spiro atoms. The van der Waals surface area contributed by atoms with Crippen LogP contribution in [0.5, 0.6) is 0 Å². The van der Waals surface area contributed by atoms with Crippen molar-refractivity contribution in [3.8, 4) is 11.1 Å². The number of hydrogen-bond donors (Lipinski definition) is 3. The van der Waals surface area contributed by atoms with E-state index in [0.717, 1.165) is 24.0 Å². The summed E-state index contributed by atoms with van der Waals surface area (Å²) in [4.78, 5) is 23.8. The summed E-state index contributed by atoms with van der Waals surface area (Å²) >= 11 is 0. The molecule has 3 N–H and O–H groups in total. The molecule has 0 heterocycles. The van der Waals surface area contributed by atoms with Crippen molar-refractivity contribution >= 4 is 11.9 Å². The van der Waals surface area contributed by atoms with Crippen molar-refractivity contribution in [3.05, 3.63) is 71.6 Å². The number of carboxylic acid groups (broad SMARTS) is 1. The van der Waals surface area contributed by atoms with E-state index >= 15 is 0 Å². The second-order valence-corrected chi connectivity index (χ2v) is 8.63. The second-order valence-electron chi connectivity index (χ2n) is 8.63. The fraction of sp³-hybridized carbons (Fsp3) is 0.407. The van der Waals surface area contributed by atoms with Gasteiger partial charge in [0.1, 0.15) is 5.82 Å². The minimum atomic E-state index is -1.00. The molecule has 1 aliphatic rings. The molecule has 3 atom stereocenters. The number of rotatable bonds is 10. The van der Waals surface area contributed by atoms with Crippen LogP contribution in [-0.2, 0) is 20.9 Å². The largest absolute Gasteiger partial charge is 0.478 e. The predicted molar refractivity (Wildman–Crippen MR) is 130 cm³/mol. The summed E-state index contributed by atoms with van der Waals surface area (Å²) in [7, 11) is 0. The van der Waals surface area contributed by atoms with E-state index < -0.39 is 18.1 Å². The number of hydrogen-bond acceptors (Lipinski definition) is 4. The molecule has 34 heavy (non-hydrogen) atoms. The highest BCUT2D eigenvalue weighted by Crippen LogP contribution is 2.26. The van der Waals surface area contributed by atoms with Gasteiger partial charge in [0.25, 0.3) is 0 Å². The maximum atomic E-state index is 14.5. The van der Waals surface area contributed by atoms with Gasteiger partial charge in [0, 0.05) is 30.6 Å². The van der Waals surface area contributed by atoms with Crippen LogP contribution in [0, 0.1) is 5.82 Å². The molecule has 1 amide bonds. The topological polar surface area (TPSA) is 87.7 Å². The second kappa shape index (κ2) is 11.9. The minimum Gasteiger partial charge on any atom is -0.478 e. The summed E-state index contributed by atoms with van der Waals surface area (Å²) in [5.41, 5.74) is 2.39. The van der Waals surface area contributed by atoms with Gasteiger partial charge in [0.2, 0.25) is 5.91 Å². The van der Waals surface area contributed by atoms with Crippen LogP contribution >= 0.6 is 0 Å². The number of benzene rings is 2. The van der Waals surface area contributed by atoms with Crippen LogP contribution in [0.4, 0.5) is 4.39 Å². The number of carbonyl (C=O) groups excluding carboxylic acids is 1. The van der Waals surface area contributed by atoms with Gasteiger partial charge in [0.15, 0.2) is 0 Å². The molecule has 0 saturated carbocycles. The van der Waals surface area contributed by atoms with E-state index in [0.29, 0.717) is 12.1 Å². The van der Waals surface area contributed by atoms with Gasteiger partial charge < -0.3 is 20.5 Å². The summed E-state index contributed by atoms with van der Waals surface area (Å²) < 4.78 is 20.7. The highest BCUT2D eigenvalue weighted by atomic mass is 19.1. The number of aliphatic carboxylic acids is 1. The smallest absolute Gasteiger partial charge is 0.331 e. The summed E-state index contributed by atoms with van der Waals surface area (Å²) in [5, 5.41) is 16.0. The van der Waals surface area contributed by atoms with Gasteiger partial charge in [-0.3, -0.25) is 4.79 Å². The number of amides is 1. The molecule has 6 nitrogen and oxygen atoms in total. The molecule has 3 rings (SSSR count). The van der Waals surface area contributed by atoms with E-state index in [2.05, 4.69) is 10.6 Å². The lowest BCUT2D eigenvalue weighted by Gasteiger charge is -2.38. The molecule has 0 radical (unpaired) electrons. The standard InChI is InChI=1S/C27H33FN2O4/c1-4-21(5-2)34-25-15-20(27(32)33)14-24(26(25)30-17(3)31)29-16-18-11-12-23(28)22(13-18)19-9-7-6-8-10-19/h6-13,15,21,24-26,29H,4-5,14,16H2,1-3H3,(H,30,31)(H,32,33)/t24-,25+,26+/m0/s1. The number of nitrogens with one attached hydrogen (secondary N) is 2. The number of carboxylic acids is 1. The fourth-order valence-electron chi connectivity index (χ4n) is 4.34. The Balaban J connectivity index is 1.84. The van der Waals surface area contributed by atoms with Crippen molar-refractivity contribution in [1.82, 2.24) is 10.6 Å². The van der Waals surface area contributed by atoms with E-state index in [1.165, 1.54) is 13.0 Å². The molecule has 2 aromatic carbocycles. The normalized spacial score (nSPS) is 20.1. The number of halogens is 1. The molecular weight excluding hydrogens is 435 g/mol. The maximum Gasteiger partial charge on any atom is 0.331 e. The van der Waals surface area contributed by atoms with Crippen LogP contribution in [0.15, 0.2) is 60.2 Å². The summed E-state index contributed by atoms with van der Waals surface area (Å²) in [5.74, 6) is -1.52. The van der Waals surface area contributed by atoms with Crippen LogP contribution in [0.25, 0.3) is 11.1 Å². The molecule has 0 unspecified atom stereocenters. The molecule has 1 aliphatic carbocycles. The summed E-state index contributed by atoms with van der Waals surface area (Å²) in [6.07, 6.45) is 2.80. The quantitative estimate of drug-likeness (QED) is 0.480. The maximum absolute atomic E-state index is 14.5. The predicted octanol–water partition coefficient (Wildman–Crippen LogP) is 4.44. The third kappa shape index (κ3) is 6.52. The van der Waals surface area contributed by atoms with Gasteiger partial charge in [-0.2, -0.15) is 0 Å². The van der Waals surface area contributed by atoms with Crippen LogP contribution in [0.2, 0.25) is 0 Å². The van der Waals surface area contributed by atoms with E-state index in [1.54, 1.807) is 18.2 Å². The average molecular weight is 469 g/mol. The zero-order chi connectivity index (χ0) is 24.7. The van der Waals surface area contributed by atoms with Crippen molar-refractivity contribution in [2.75, 3.05) is 0 Å². The van der Waals surface area contributed by atoms with E-state index in [9.17, 15) is 19.1 Å². The first kappa shape index (κ1) is 25.6. The van der Waals surface area contributed by atoms with Crippen molar-refractivity contribution in [3.63, 3.8) is 0 Å². The Hall–Kier alpha value is -3.03. The van der Waals surface area contributed by atoms with Crippen LogP contribution in [0.1, 0.15) is 45.6 Å². The van der Waals surface area contributed by atoms with Crippen LogP contribution in [0.3, 0.4) is 0 Å². The summed E-state index contributed by atoms with van der Waals surface area (Å²) in [6, 6.07) is 13.4. The van der Waals surface area contributed by atoms with Gasteiger partial charge in [-0.1, -0.05) is 50.2 Å². The average Bonchev–Trinajstić information content (AvgIpc) is 2.83. The Labute approximate surface area is 200 Å². The molecule has 0 aliphatic heterocycles. The first-order valence-corrected chi connectivity index (χ1v) is 11.8. The Morgan fingerprint density at radius 3 is 2.47 bits per heavy atom. The fourth-order valence-corrected chi connectivity index (χ4v) is 4.34. The first-order valence-electron chi connectivity index (χ1n) is 11.8. The zero-order valence-electron chi connectivity index (χ0n) is 19.9. The van der Waals surface area contributed by atoms with Crippen molar-refractivity contribution < 1.29 is 23.8 Å². The Morgan fingerprint density at radius 2 is 1.85 bits per heavy atom. The molecule has 7 heteroatoms. The van der Waals surface area contributed by atoms with Crippen molar-refractivity contribution in [2.45, 2.75) is 70.9 Å². The van der Waals surface area contributed by atoms with Gasteiger partial charge in [-0.15, -0.1) is 0 Å². The molecule has 0 saturated heterocycles. The highest BCUT2D eigenvalue weighted by molar-refractivity contribution is 5.87. The minimum absolute atomic E-state index is 0.0446. The lowest BCUT2D eigenvalue weighted by molar-refractivity contribution is -0.133. The van der Waals surface area contributed by atoms with Gasteiger partial charge >= 0.3 is 5.97 Å². The van der Waals surface area contributed by atoms with Gasteiger partial charge in [-0.05, 0) is 48.6 Å². The Bertz CT molecular complexity index is 1020. The lowest BCUT2D eigenvalue weighted by Crippen LogP contribution is -2.58. The highest BCUT2D eigenvalue weighted by Gasteiger charge is 2.37. The first-order chi connectivity index (χ1) is 16.3. The van der Waals surface area contributed by atoms with E-state index in [4.69, 9.17) is 4.74 Å². The SMILES string of the molecule is CCC(CC)O[C@@H]1C=C(C(=O)O)C[C@H](NCc2ccc(F)c(-c3ccccc3)c2)[C@H]1NC(C)=O. The monoisotopic (exact) mass is 468 g/mol. The lowest BCUT2D eigenvalue weighted by atomic mass is 9.87. The molecule has 0 aromatic heterocycles. The van der Waals surface area contributed by atoms with Gasteiger partial charge in [-0.25, -0.2) is 9.18 Å². The molecule has 0 bridgehead atoms. The van der Waals surface area contributed by atoms with Gasteiger partial charge in [0.05, 0.1) is 18.2 Å². The molecular formula is C27H33FN2O4. The van der Waals surface area contributed by atoms with Crippen LogP contribution in [-0.4, -0.2) is 41.3 Å². The molecule has 182 valence electrons. The molecule has 0 fully saturated rings. The summed E-state index contributed by atoms with van der Waals surface area (Å²) in [6.45, 7) is 5.85. The zero-order valence-corrected chi connectivity index (χ0v) is 19.9. The van der Waals surface area contributed by atoms with E-state index in [1.807, 2.05) is 44.2 Å².